The molecule has 0 amide bonds. The Morgan fingerprint density at radius 3 is 2.24 bits per heavy atom. The molecule has 0 atom stereocenters. The van der Waals surface area contributed by atoms with Gasteiger partial charge in [-0.1, -0.05) is 17.7 Å². The first kappa shape index (κ1) is 15.7. The first-order valence-corrected chi connectivity index (χ1v) is 8.84. The molecule has 21 heavy (non-hydrogen) atoms. The molecule has 4 nitrogen and oxygen atoms in total. The van der Waals surface area contributed by atoms with Gasteiger partial charge in [0.05, 0.1) is 16.0 Å². The molecular formula is C15H18N2O2S2. The second kappa shape index (κ2) is 5.99. The lowest BCUT2D eigenvalue weighted by atomic mass is 10.1. The van der Waals surface area contributed by atoms with Crippen LogP contribution in [0.2, 0.25) is 0 Å². The Morgan fingerprint density at radius 2 is 1.71 bits per heavy atom. The lowest BCUT2D eigenvalue weighted by Crippen LogP contribution is -2.20. The molecule has 0 spiro atoms. The lowest BCUT2D eigenvalue weighted by Gasteiger charge is -2.11. The summed E-state index contributed by atoms with van der Waals surface area (Å²) in [7, 11) is -3.65. The summed E-state index contributed by atoms with van der Waals surface area (Å²) in [5.74, 6) is 0. The van der Waals surface area contributed by atoms with Crippen LogP contribution in [0.4, 0.5) is 0 Å². The van der Waals surface area contributed by atoms with Crippen molar-refractivity contribution in [3.05, 3.63) is 50.7 Å². The van der Waals surface area contributed by atoms with Crippen LogP contribution in [0.15, 0.2) is 33.6 Å². The molecule has 0 bridgehead atoms. The average molecular weight is 322 g/mol. The predicted molar refractivity (Wildman–Crippen MR) is 87.6 cm³/mol. The van der Waals surface area contributed by atoms with E-state index in [1.165, 1.54) is 17.6 Å². The van der Waals surface area contributed by atoms with E-state index in [0.29, 0.717) is 4.90 Å². The maximum absolute atomic E-state index is 12.4. The van der Waals surface area contributed by atoms with Gasteiger partial charge in [0.2, 0.25) is 0 Å². The van der Waals surface area contributed by atoms with Crippen LogP contribution in [0, 0.1) is 27.7 Å². The van der Waals surface area contributed by atoms with Gasteiger partial charge < -0.3 is 0 Å². The topological polar surface area (TPSA) is 58.5 Å². The smallest absolute Gasteiger partial charge is 0.200 e. The zero-order chi connectivity index (χ0) is 15.6. The fourth-order valence-corrected chi connectivity index (χ4v) is 4.34. The first-order chi connectivity index (χ1) is 9.81. The van der Waals surface area contributed by atoms with Gasteiger partial charge in [-0.2, -0.15) is 13.5 Å². The van der Waals surface area contributed by atoms with E-state index >= 15 is 0 Å². The third-order valence-corrected chi connectivity index (χ3v) is 5.61. The quantitative estimate of drug-likeness (QED) is 0.693. The van der Waals surface area contributed by atoms with Crippen LogP contribution in [-0.4, -0.2) is 14.6 Å². The number of hydrazone groups is 1. The molecule has 0 unspecified atom stereocenters. The van der Waals surface area contributed by atoms with Gasteiger partial charge in [-0.15, -0.1) is 11.3 Å². The van der Waals surface area contributed by atoms with Crippen LogP contribution in [-0.2, 0) is 10.0 Å². The lowest BCUT2D eigenvalue weighted by molar-refractivity contribution is 0.583. The van der Waals surface area contributed by atoms with E-state index in [0.717, 1.165) is 27.1 Å². The second-order valence-corrected chi connectivity index (χ2v) is 7.59. The number of hydrogen-bond donors (Lipinski definition) is 1. The summed E-state index contributed by atoms with van der Waals surface area (Å²) in [5.41, 5.74) is 3.57. The Hall–Kier alpha value is -1.66. The summed E-state index contributed by atoms with van der Waals surface area (Å²) in [6.45, 7) is 7.49. The number of benzene rings is 1. The Morgan fingerprint density at radius 1 is 1.10 bits per heavy atom. The molecule has 0 aliphatic heterocycles. The molecule has 2 rings (SSSR count). The fraction of sp³-hybridized carbons (Fsp3) is 0.267. The highest BCUT2D eigenvalue weighted by Crippen LogP contribution is 2.21. The number of aryl methyl sites for hydroxylation is 4. The van der Waals surface area contributed by atoms with E-state index in [1.807, 2.05) is 37.4 Å². The van der Waals surface area contributed by atoms with Crippen molar-refractivity contribution in [2.24, 2.45) is 5.10 Å². The maximum atomic E-state index is 12.4. The highest BCUT2D eigenvalue weighted by molar-refractivity contribution is 7.89. The average Bonchev–Trinajstić information content (AvgIpc) is 2.73. The van der Waals surface area contributed by atoms with Gasteiger partial charge in [-0.05, 0) is 55.8 Å². The third kappa shape index (κ3) is 3.51. The zero-order valence-electron chi connectivity index (χ0n) is 12.5. The summed E-state index contributed by atoms with van der Waals surface area (Å²) in [4.78, 5) is 3.53. The van der Waals surface area contributed by atoms with E-state index in [-0.39, 0.29) is 0 Å². The van der Waals surface area contributed by atoms with Crippen LogP contribution in [0.25, 0.3) is 0 Å². The molecular weight excluding hydrogens is 304 g/mol. The Bertz CT molecular complexity index is 767. The Labute approximate surface area is 129 Å². The largest absolute Gasteiger partial charge is 0.277 e. The van der Waals surface area contributed by atoms with Crippen molar-refractivity contribution in [3.8, 4) is 0 Å². The SMILES string of the molecule is Cc1cc(C)c(S(=O)(=O)N/N=C/c2sccc2C)c(C)c1. The molecule has 0 radical (unpaired) electrons. The van der Waals surface area contributed by atoms with Crippen molar-refractivity contribution in [1.82, 2.24) is 4.83 Å². The van der Waals surface area contributed by atoms with Gasteiger partial charge in [0.1, 0.15) is 0 Å². The highest BCUT2D eigenvalue weighted by Gasteiger charge is 2.19. The van der Waals surface area contributed by atoms with Crippen LogP contribution >= 0.6 is 11.3 Å². The minimum Gasteiger partial charge on any atom is -0.200 e. The number of hydrogen-bond acceptors (Lipinski definition) is 4. The summed E-state index contributed by atoms with van der Waals surface area (Å²) >= 11 is 1.52. The van der Waals surface area contributed by atoms with E-state index in [1.54, 1.807) is 13.8 Å². The number of sulfonamides is 1. The number of nitrogens with zero attached hydrogens (tertiary/aromatic N) is 1. The molecule has 2 aromatic rings. The number of rotatable bonds is 4. The van der Waals surface area contributed by atoms with Crippen LogP contribution in [0.1, 0.15) is 27.1 Å². The summed E-state index contributed by atoms with van der Waals surface area (Å²) < 4.78 is 24.8. The Balaban J connectivity index is 2.28. The van der Waals surface area contributed by atoms with Crippen molar-refractivity contribution < 1.29 is 8.42 Å². The van der Waals surface area contributed by atoms with Crippen LogP contribution in [0.5, 0.6) is 0 Å². The monoisotopic (exact) mass is 322 g/mol. The first-order valence-electron chi connectivity index (χ1n) is 6.48. The van der Waals surface area contributed by atoms with Gasteiger partial charge in [-0.25, -0.2) is 4.83 Å². The molecule has 0 aliphatic rings. The van der Waals surface area contributed by atoms with Gasteiger partial charge >= 0.3 is 0 Å². The Kier molecular flexibility index (Phi) is 4.49. The summed E-state index contributed by atoms with van der Waals surface area (Å²) in [5, 5.41) is 5.82. The second-order valence-electron chi connectivity index (χ2n) is 5.05. The zero-order valence-corrected chi connectivity index (χ0v) is 14.1. The molecule has 0 fully saturated rings. The summed E-state index contributed by atoms with van der Waals surface area (Å²) in [6.07, 6.45) is 1.54. The minimum absolute atomic E-state index is 0.299. The molecule has 1 aromatic carbocycles. The van der Waals surface area contributed by atoms with Crippen molar-refractivity contribution >= 4 is 27.6 Å². The van der Waals surface area contributed by atoms with E-state index in [9.17, 15) is 8.42 Å². The van der Waals surface area contributed by atoms with Crippen molar-refractivity contribution in [2.75, 3.05) is 0 Å². The van der Waals surface area contributed by atoms with Gasteiger partial charge in [0, 0.05) is 0 Å². The van der Waals surface area contributed by atoms with E-state index < -0.39 is 10.0 Å². The van der Waals surface area contributed by atoms with Crippen molar-refractivity contribution in [2.45, 2.75) is 32.6 Å². The molecule has 0 saturated heterocycles. The van der Waals surface area contributed by atoms with E-state index in [4.69, 9.17) is 0 Å². The normalized spacial score (nSPS) is 12.0. The van der Waals surface area contributed by atoms with Crippen molar-refractivity contribution in [3.63, 3.8) is 0 Å². The predicted octanol–water partition coefficient (Wildman–Crippen LogP) is 3.29. The molecule has 1 heterocycles. The highest BCUT2D eigenvalue weighted by atomic mass is 32.2. The van der Waals surface area contributed by atoms with Gasteiger partial charge in [0.15, 0.2) is 0 Å². The van der Waals surface area contributed by atoms with Crippen LogP contribution in [0.3, 0.4) is 0 Å². The fourth-order valence-electron chi connectivity index (χ4n) is 2.31. The molecule has 0 saturated carbocycles. The van der Waals surface area contributed by atoms with Gasteiger partial charge in [0.25, 0.3) is 10.0 Å². The van der Waals surface area contributed by atoms with Crippen LogP contribution < -0.4 is 4.83 Å². The summed E-state index contributed by atoms with van der Waals surface area (Å²) in [6, 6.07) is 5.68. The van der Waals surface area contributed by atoms with Gasteiger partial charge in [-0.3, -0.25) is 0 Å². The standard InChI is InChI=1S/C15H18N2O2S2/c1-10-7-12(3)15(13(4)8-10)21(18,19)17-16-9-14-11(2)5-6-20-14/h5-9,17H,1-4H3/b16-9+. The molecule has 6 heteroatoms. The number of nitrogens with one attached hydrogen (secondary N) is 1. The number of thiophene rings is 1. The van der Waals surface area contributed by atoms with E-state index in [2.05, 4.69) is 9.93 Å². The minimum atomic E-state index is -3.65. The maximum Gasteiger partial charge on any atom is 0.277 e. The molecule has 1 N–H and O–H groups in total. The molecule has 0 aliphatic carbocycles. The van der Waals surface area contributed by atoms with Crippen molar-refractivity contribution in [1.29, 1.82) is 0 Å². The molecule has 112 valence electrons. The molecule has 1 aromatic heterocycles. The third-order valence-electron chi connectivity index (χ3n) is 3.13.